The van der Waals surface area contributed by atoms with Crippen LogP contribution in [0.2, 0.25) is 0 Å². The van der Waals surface area contributed by atoms with Crippen molar-refractivity contribution in [2.24, 2.45) is 11.7 Å². The molecule has 2 amide bonds. The molecule has 0 saturated carbocycles. The summed E-state index contributed by atoms with van der Waals surface area (Å²) >= 11 is 1.79. The summed E-state index contributed by atoms with van der Waals surface area (Å²) < 4.78 is 0. The number of hydrogen-bond donors (Lipinski definition) is 1. The zero-order valence-electron chi connectivity index (χ0n) is 12.1. The van der Waals surface area contributed by atoms with Crippen molar-refractivity contribution < 1.29 is 9.59 Å². The first-order valence-corrected chi connectivity index (χ1v) is 8.36. The first-order valence-electron chi connectivity index (χ1n) is 7.48. The van der Waals surface area contributed by atoms with E-state index in [1.807, 2.05) is 4.90 Å². The van der Waals surface area contributed by atoms with E-state index >= 15 is 0 Å². The SMILES string of the molecule is NC(=O)C1CCN(CC(=O)N2CCc3sccc3C2)CC1. The molecule has 21 heavy (non-hydrogen) atoms. The molecule has 3 heterocycles. The van der Waals surface area contributed by atoms with Crippen LogP contribution in [0, 0.1) is 5.92 Å². The lowest BCUT2D eigenvalue weighted by molar-refractivity contribution is -0.133. The van der Waals surface area contributed by atoms with E-state index in [9.17, 15) is 9.59 Å². The summed E-state index contributed by atoms with van der Waals surface area (Å²) in [5.41, 5.74) is 6.63. The van der Waals surface area contributed by atoms with Crippen LogP contribution in [0.25, 0.3) is 0 Å². The Bertz CT molecular complexity index is 535. The van der Waals surface area contributed by atoms with Gasteiger partial charge in [-0.05, 0) is 49.4 Å². The maximum absolute atomic E-state index is 12.4. The summed E-state index contributed by atoms with van der Waals surface area (Å²) in [6.45, 7) is 3.61. The van der Waals surface area contributed by atoms with Gasteiger partial charge in [0.1, 0.15) is 0 Å². The molecule has 0 aliphatic carbocycles. The van der Waals surface area contributed by atoms with Crippen LogP contribution in [0.1, 0.15) is 23.3 Å². The molecule has 0 radical (unpaired) electrons. The van der Waals surface area contributed by atoms with Crippen molar-refractivity contribution in [1.29, 1.82) is 0 Å². The molecule has 5 nitrogen and oxygen atoms in total. The number of thiophene rings is 1. The Morgan fingerprint density at radius 2 is 2.05 bits per heavy atom. The molecule has 0 spiro atoms. The number of rotatable bonds is 3. The van der Waals surface area contributed by atoms with Crippen LogP contribution in [-0.2, 0) is 22.6 Å². The number of nitrogens with zero attached hydrogens (tertiary/aromatic N) is 2. The second kappa shape index (κ2) is 6.15. The third kappa shape index (κ3) is 3.27. The minimum atomic E-state index is -0.206. The summed E-state index contributed by atoms with van der Waals surface area (Å²) in [4.78, 5) is 29.1. The second-order valence-electron chi connectivity index (χ2n) is 5.89. The smallest absolute Gasteiger partial charge is 0.237 e. The fraction of sp³-hybridized carbons (Fsp3) is 0.600. The molecule has 0 unspecified atom stereocenters. The quantitative estimate of drug-likeness (QED) is 0.899. The number of carbonyl (C=O) groups is 2. The highest BCUT2D eigenvalue weighted by Gasteiger charge is 2.27. The summed E-state index contributed by atoms with van der Waals surface area (Å²) in [6.07, 6.45) is 2.52. The predicted octanol–water partition coefficient (Wildman–Crippen LogP) is 0.830. The van der Waals surface area contributed by atoms with Crippen molar-refractivity contribution in [3.8, 4) is 0 Å². The minimum Gasteiger partial charge on any atom is -0.369 e. The zero-order valence-corrected chi connectivity index (χ0v) is 12.9. The van der Waals surface area contributed by atoms with Gasteiger partial charge >= 0.3 is 0 Å². The molecule has 2 aliphatic heterocycles. The van der Waals surface area contributed by atoms with E-state index in [1.54, 1.807) is 11.3 Å². The molecule has 114 valence electrons. The van der Waals surface area contributed by atoms with Gasteiger partial charge in [-0.3, -0.25) is 14.5 Å². The van der Waals surface area contributed by atoms with Crippen LogP contribution in [-0.4, -0.2) is 47.8 Å². The second-order valence-corrected chi connectivity index (χ2v) is 6.89. The lowest BCUT2D eigenvalue weighted by Crippen LogP contribution is -2.46. The molecular weight excluding hydrogens is 286 g/mol. The van der Waals surface area contributed by atoms with Gasteiger partial charge < -0.3 is 10.6 Å². The molecule has 3 rings (SSSR count). The predicted molar refractivity (Wildman–Crippen MR) is 81.8 cm³/mol. The highest BCUT2D eigenvalue weighted by atomic mass is 32.1. The Morgan fingerprint density at radius 1 is 1.29 bits per heavy atom. The third-order valence-corrected chi connectivity index (χ3v) is 5.53. The van der Waals surface area contributed by atoms with Crippen molar-refractivity contribution in [2.75, 3.05) is 26.2 Å². The lowest BCUT2D eigenvalue weighted by atomic mass is 9.96. The average Bonchev–Trinajstić information content (AvgIpc) is 2.95. The van der Waals surface area contributed by atoms with Crippen LogP contribution in [0.15, 0.2) is 11.4 Å². The van der Waals surface area contributed by atoms with E-state index < -0.39 is 0 Å². The van der Waals surface area contributed by atoms with Gasteiger partial charge in [0.15, 0.2) is 0 Å². The number of nitrogens with two attached hydrogens (primary N) is 1. The van der Waals surface area contributed by atoms with Gasteiger partial charge in [-0.25, -0.2) is 0 Å². The van der Waals surface area contributed by atoms with Gasteiger partial charge in [0.05, 0.1) is 6.54 Å². The zero-order chi connectivity index (χ0) is 14.8. The number of primary amides is 1. The molecular formula is C15H21N3O2S. The number of fused-ring (bicyclic) bond motifs is 1. The van der Waals surface area contributed by atoms with E-state index in [0.717, 1.165) is 45.4 Å². The van der Waals surface area contributed by atoms with E-state index in [2.05, 4.69) is 16.3 Å². The first kappa shape index (κ1) is 14.5. The topological polar surface area (TPSA) is 66.6 Å². The van der Waals surface area contributed by atoms with E-state index in [4.69, 9.17) is 5.73 Å². The lowest BCUT2D eigenvalue weighted by Gasteiger charge is -2.33. The highest BCUT2D eigenvalue weighted by Crippen LogP contribution is 2.24. The maximum Gasteiger partial charge on any atom is 0.237 e. The number of likely N-dealkylation sites (tertiary alicyclic amines) is 1. The molecule has 0 atom stereocenters. The van der Waals surface area contributed by atoms with Crippen LogP contribution in [0.4, 0.5) is 0 Å². The van der Waals surface area contributed by atoms with Crippen LogP contribution >= 0.6 is 11.3 Å². The van der Waals surface area contributed by atoms with Gasteiger partial charge in [-0.15, -0.1) is 11.3 Å². The monoisotopic (exact) mass is 307 g/mol. The van der Waals surface area contributed by atoms with Crippen molar-refractivity contribution in [3.05, 3.63) is 21.9 Å². The standard InChI is InChI=1S/C15H21N3O2S/c16-15(20)11-1-5-17(6-2-11)10-14(19)18-7-3-13-12(9-18)4-8-21-13/h4,8,11H,1-3,5-7,9-10H2,(H2,16,20). The fourth-order valence-electron chi connectivity index (χ4n) is 3.13. The Labute approximate surface area is 128 Å². The van der Waals surface area contributed by atoms with E-state index in [1.165, 1.54) is 10.4 Å². The Morgan fingerprint density at radius 3 is 2.76 bits per heavy atom. The molecule has 1 aromatic rings. The molecule has 6 heteroatoms. The average molecular weight is 307 g/mol. The summed E-state index contributed by atoms with van der Waals surface area (Å²) in [5, 5.41) is 2.10. The first-order chi connectivity index (χ1) is 10.1. The highest BCUT2D eigenvalue weighted by molar-refractivity contribution is 7.10. The normalized spacial score (nSPS) is 20.3. The van der Waals surface area contributed by atoms with E-state index in [0.29, 0.717) is 6.54 Å². The van der Waals surface area contributed by atoms with Crippen LogP contribution in [0.5, 0.6) is 0 Å². The molecule has 1 fully saturated rings. The van der Waals surface area contributed by atoms with Crippen molar-refractivity contribution in [2.45, 2.75) is 25.8 Å². The molecule has 0 bridgehead atoms. The molecule has 1 saturated heterocycles. The van der Waals surface area contributed by atoms with E-state index in [-0.39, 0.29) is 17.7 Å². The summed E-state index contributed by atoms with van der Waals surface area (Å²) in [7, 11) is 0. The fourth-order valence-corrected chi connectivity index (χ4v) is 4.02. The number of carbonyl (C=O) groups excluding carboxylic acids is 2. The van der Waals surface area contributed by atoms with Gasteiger partial charge in [0.25, 0.3) is 0 Å². The van der Waals surface area contributed by atoms with Crippen molar-refractivity contribution >= 4 is 23.2 Å². The summed E-state index contributed by atoms with van der Waals surface area (Å²) in [5.74, 6) is -0.0222. The Hall–Kier alpha value is -1.40. The van der Waals surface area contributed by atoms with Gasteiger partial charge in [-0.1, -0.05) is 0 Å². The van der Waals surface area contributed by atoms with Crippen LogP contribution < -0.4 is 5.73 Å². The molecule has 2 N–H and O–H groups in total. The molecule has 2 aliphatic rings. The molecule has 1 aromatic heterocycles. The van der Waals surface area contributed by atoms with Crippen molar-refractivity contribution in [1.82, 2.24) is 9.80 Å². The Balaban J connectivity index is 1.50. The van der Waals surface area contributed by atoms with Gasteiger partial charge in [0.2, 0.25) is 11.8 Å². The summed E-state index contributed by atoms with van der Waals surface area (Å²) in [6, 6.07) is 2.12. The van der Waals surface area contributed by atoms with Crippen LogP contribution in [0.3, 0.4) is 0 Å². The minimum absolute atomic E-state index is 0.0142. The molecule has 0 aromatic carbocycles. The number of piperidine rings is 1. The van der Waals surface area contributed by atoms with Crippen molar-refractivity contribution in [3.63, 3.8) is 0 Å². The Kier molecular flexibility index (Phi) is 4.26. The van der Waals surface area contributed by atoms with Gasteiger partial charge in [0, 0.05) is 23.9 Å². The maximum atomic E-state index is 12.4. The number of amides is 2. The third-order valence-electron chi connectivity index (χ3n) is 4.51. The largest absolute Gasteiger partial charge is 0.369 e. The number of hydrogen-bond acceptors (Lipinski definition) is 4. The van der Waals surface area contributed by atoms with Gasteiger partial charge in [-0.2, -0.15) is 0 Å².